The lowest BCUT2D eigenvalue weighted by Crippen LogP contribution is -2.03. The summed E-state index contributed by atoms with van der Waals surface area (Å²) in [6, 6.07) is 8.49. The highest BCUT2D eigenvalue weighted by molar-refractivity contribution is 9.10. The lowest BCUT2D eigenvalue weighted by Gasteiger charge is -2.12. The highest BCUT2D eigenvalue weighted by Crippen LogP contribution is 2.36. The molecule has 2 rings (SSSR count). The molecule has 0 atom stereocenters. The molecular formula is C14H9Br2Cl2NO2. The minimum atomic E-state index is -0.960. The van der Waals surface area contributed by atoms with Crippen molar-refractivity contribution in [1.29, 1.82) is 0 Å². The van der Waals surface area contributed by atoms with E-state index in [0.29, 0.717) is 26.8 Å². The molecule has 2 aromatic carbocycles. The van der Waals surface area contributed by atoms with Crippen molar-refractivity contribution in [2.45, 2.75) is 6.54 Å². The van der Waals surface area contributed by atoms with Crippen molar-refractivity contribution in [2.75, 3.05) is 5.32 Å². The number of aromatic carboxylic acids is 1. The summed E-state index contributed by atoms with van der Waals surface area (Å²) < 4.78 is 1.45. The van der Waals surface area contributed by atoms with Crippen LogP contribution in [0.1, 0.15) is 15.9 Å². The number of nitrogens with one attached hydrogen (secondary N) is 1. The minimum Gasteiger partial charge on any atom is -0.478 e. The summed E-state index contributed by atoms with van der Waals surface area (Å²) >= 11 is 18.9. The van der Waals surface area contributed by atoms with Crippen LogP contribution in [0.5, 0.6) is 0 Å². The number of carbonyl (C=O) groups is 1. The maximum atomic E-state index is 10.9. The highest BCUT2D eigenvalue weighted by Gasteiger charge is 2.10. The Morgan fingerprint density at radius 2 is 1.81 bits per heavy atom. The zero-order valence-corrected chi connectivity index (χ0v) is 15.1. The number of benzene rings is 2. The van der Waals surface area contributed by atoms with Crippen LogP contribution in [0.2, 0.25) is 10.0 Å². The lowest BCUT2D eigenvalue weighted by molar-refractivity contribution is 0.0697. The third-order valence-electron chi connectivity index (χ3n) is 2.80. The van der Waals surface area contributed by atoms with Crippen LogP contribution in [-0.4, -0.2) is 11.1 Å². The molecule has 0 spiro atoms. The van der Waals surface area contributed by atoms with Crippen molar-refractivity contribution < 1.29 is 9.90 Å². The van der Waals surface area contributed by atoms with Crippen molar-refractivity contribution in [3.05, 3.63) is 60.4 Å². The standard InChI is InChI=1S/C14H9Br2Cl2NO2/c15-9-3-4-11(13(18)12(9)17)19-6-8-2-1-7(14(20)21)5-10(8)16/h1-5,19H,6H2,(H,20,21). The molecule has 7 heteroatoms. The van der Waals surface area contributed by atoms with Gasteiger partial charge in [0.1, 0.15) is 0 Å². The summed E-state index contributed by atoms with van der Waals surface area (Å²) in [6.07, 6.45) is 0. The molecule has 0 aliphatic carbocycles. The maximum absolute atomic E-state index is 10.9. The van der Waals surface area contributed by atoms with Gasteiger partial charge in [-0.15, -0.1) is 0 Å². The Bertz CT molecular complexity index is 708. The predicted octanol–water partition coefficient (Wildman–Crippen LogP) is 5.83. The van der Waals surface area contributed by atoms with Crippen LogP contribution in [0.3, 0.4) is 0 Å². The molecule has 0 aliphatic rings. The number of carboxylic acids is 1. The Morgan fingerprint density at radius 1 is 1.10 bits per heavy atom. The number of hydrogen-bond donors (Lipinski definition) is 2. The van der Waals surface area contributed by atoms with Gasteiger partial charge in [-0.1, -0.05) is 45.2 Å². The topological polar surface area (TPSA) is 49.3 Å². The second-order valence-electron chi connectivity index (χ2n) is 4.19. The fourth-order valence-corrected chi connectivity index (χ4v) is 3.04. The predicted molar refractivity (Wildman–Crippen MR) is 92.6 cm³/mol. The van der Waals surface area contributed by atoms with Crippen molar-refractivity contribution >= 4 is 66.7 Å². The Kier molecular flexibility index (Phi) is 5.54. The van der Waals surface area contributed by atoms with Gasteiger partial charge in [-0.3, -0.25) is 0 Å². The van der Waals surface area contributed by atoms with E-state index in [1.165, 1.54) is 0 Å². The summed E-state index contributed by atoms with van der Waals surface area (Å²) in [4.78, 5) is 10.9. The SMILES string of the molecule is O=C(O)c1ccc(CNc2ccc(Br)c(Cl)c2Cl)c(Br)c1. The monoisotopic (exact) mass is 451 g/mol. The van der Waals surface area contributed by atoms with Crippen molar-refractivity contribution in [3.63, 3.8) is 0 Å². The number of hydrogen-bond acceptors (Lipinski definition) is 2. The normalized spacial score (nSPS) is 10.5. The van der Waals surface area contributed by atoms with E-state index in [-0.39, 0.29) is 5.56 Å². The van der Waals surface area contributed by atoms with Gasteiger partial charge < -0.3 is 10.4 Å². The summed E-state index contributed by atoms with van der Waals surface area (Å²) in [5.41, 5.74) is 1.85. The second-order valence-corrected chi connectivity index (χ2v) is 6.65. The molecule has 2 N–H and O–H groups in total. The zero-order valence-electron chi connectivity index (χ0n) is 10.5. The molecule has 0 amide bonds. The smallest absolute Gasteiger partial charge is 0.335 e. The molecule has 0 saturated heterocycles. The van der Waals surface area contributed by atoms with E-state index in [0.717, 1.165) is 10.0 Å². The van der Waals surface area contributed by atoms with Gasteiger partial charge in [0.2, 0.25) is 0 Å². The second kappa shape index (κ2) is 7.01. The largest absolute Gasteiger partial charge is 0.478 e. The third-order valence-corrected chi connectivity index (χ3v) is 5.31. The van der Waals surface area contributed by atoms with Gasteiger partial charge in [0.25, 0.3) is 0 Å². The van der Waals surface area contributed by atoms with Crippen LogP contribution in [0.25, 0.3) is 0 Å². The third kappa shape index (κ3) is 3.92. The molecule has 0 fully saturated rings. The fraction of sp³-hybridized carbons (Fsp3) is 0.0714. The van der Waals surface area contributed by atoms with Crippen LogP contribution in [0, 0.1) is 0 Å². The van der Waals surface area contributed by atoms with E-state index in [9.17, 15) is 4.79 Å². The molecular weight excluding hydrogens is 445 g/mol. The quantitative estimate of drug-likeness (QED) is 0.573. The molecule has 0 bridgehead atoms. The average molecular weight is 454 g/mol. The molecule has 0 aliphatic heterocycles. The molecule has 0 aromatic heterocycles. The zero-order chi connectivity index (χ0) is 15.6. The van der Waals surface area contributed by atoms with E-state index < -0.39 is 5.97 Å². The Labute approximate surface area is 148 Å². The first kappa shape index (κ1) is 16.6. The van der Waals surface area contributed by atoms with Crippen LogP contribution < -0.4 is 5.32 Å². The molecule has 0 saturated carbocycles. The first-order chi connectivity index (χ1) is 9.90. The number of anilines is 1. The molecule has 21 heavy (non-hydrogen) atoms. The molecule has 3 nitrogen and oxygen atoms in total. The van der Waals surface area contributed by atoms with Crippen LogP contribution >= 0.6 is 55.1 Å². The van der Waals surface area contributed by atoms with E-state index in [1.54, 1.807) is 24.3 Å². The summed E-state index contributed by atoms with van der Waals surface area (Å²) in [5, 5.41) is 13.0. The van der Waals surface area contributed by atoms with Gasteiger partial charge in [0.15, 0.2) is 0 Å². The van der Waals surface area contributed by atoms with Gasteiger partial charge in [-0.25, -0.2) is 4.79 Å². The highest BCUT2D eigenvalue weighted by atomic mass is 79.9. The number of halogens is 4. The van der Waals surface area contributed by atoms with Crippen LogP contribution in [0.15, 0.2) is 39.3 Å². The first-order valence-corrected chi connectivity index (χ1v) is 8.13. The minimum absolute atomic E-state index is 0.232. The van der Waals surface area contributed by atoms with Gasteiger partial charge in [-0.05, 0) is 45.8 Å². The Morgan fingerprint density at radius 3 is 2.43 bits per heavy atom. The number of carboxylic acid groups (broad SMARTS) is 1. The van der Waals surface area contributed by atoms with E-state index in [2.05, 4.69) is 37.2 Å². The Hall–Kier alpha value is -0.750. The fourth-order valence-electron chi connectivity index (χ4n) is 1.68. The molecule has 2 aromatic rings. The summed E-state index contributed by atoms with van der Waals surface area (Å²) in [6.45, 7) is 0.484. The van der Waals surface area contributed by atoms with Crippen molar-refractivity contribution in [3.8, 4) is 0 Å². The summed E-state index contributed by atoms with van der Waals surface area (Å²) in [7, 11) is 0. The lowest BCUT2D eigenvalue weighted by atomic mass is 10.1. The van der Waals surface area contributed by atoms with Crippen LogP contribution in [-0.2, 0) is 6.54 Å². The molecule has 0 heterocycles. The van der Waals surface area contributed by atoms with E-state index in [4.69, 9.17) is 28.3 Å². The van der Waals surface area contributed by atoms with Crippen LogP contribution in [0.4, 0.5) is 5.69 Å². The average Bonchev–Trinajstić information content (AvgIpc) is 2.45. The molecule has 0 radical (unpaired) electrons. The molecule has 110 valence electrons. The Balaban J connectivity index is 2.17. The van der Waals surface area contributed by atoms with Gasteiger partial charge in [0.05, 0.1) is 21.3 Å². The van der Waals surface area contributed by atoms with Crippen molar-refractivity contribution in [1.82, 2.24) is 0 Å². The number of rotatable bonds is 4. The first-order valence-electron chi connectivity index (χ1n) is 5.79. The van der Waals surface area contributed by atoms with Gasteiger partial charge >= 0.3 is 5.97 Å². The molecule has 0 unspecified atom stereocenters. The maximum Gasteiger partial charge on any atom is 0.335 e. The van der Waals surface area contributed by atoms with E-state index in [1.807, 2.05) is 6.07 Å². The van der Waals surface area contributed by atoms with Gasteiger partial charge in [0, 0.05) is 15.5 Å². The summed E-state index contributed by atoms with van der Waals surface area (Å²) in [5.74, 6) is -0.960. The van der Waals surface area contributed by atoms with E-state index >= 15 is 0 Å². The van der Waals surface area contributed by atoms with Crippen molar-refractivity contribution in [2.24, 2.45) is 0 Å². The van der Waals surface area contributed by atoms with Gasteiger partial charge in [-0.2, -0.15) is 0 Å².